The van der Waals surface area contributed by atoms with Gasteiger partial charge in [0.2, 0.25) is 0 Å². The lowest BCUT2D eigenvalue weighted by molar-refractivity contribution is -0.145. The molecule has 0 heterocycles. The van der Waals surface area contributed by atoms with E-state index in [1.807, 2.05) is 43.3 Å². The fourth-order valence-electron chi connectivity index (χ4n) is 2.50. The van der Waals surface area contributed by atoms with Crippen LogP contribution in [0, 0.1) is 12.8 Å². The van der Waals surface area contributed by atoms with Gasteiger partial charge in [0, 0.05) is 5.56 Å². The molecule has 0 saturated carbocycles. The van der Waals surface area contributed by atoms with E-state index in [1.165, 1.54) is 5.56 Å². The maximum Gasteiger partial charge on any atom is 0.342 e. The number of carbonyl (C=O) groups excluding carboxylic acids is 1. The van der Waals surface area contributed by atoms with Gasteiger partial charge in [-0.15, -0.1) is 0 Å². The number of nitrogens with two attached hydrogens (primary N) is 1. The molecule has 4 heteroatoms. The van der Waals surface area contributed by atoms with Gasteiger partial charge in [-0.2, -0.15) is 0 Å². The first-order chi connectivity index (χ1) is 11.9. The average molecular weight is 338 g/mol. The second-order valence-electron chi connectivity index (χ2n) is 6.81. The Labute approximate surface area is 149 Å². The number of rotatable bonds is 6. The van der Waals surface area contributed by atoms with Crippen LogP contribution in [0.5, 0.6) is 0 Å². The van der Waals surface area contributed by atoms with Gasteiger partial charge in [0.15, 0.2) is 5.84 Å². The summed E-state index contributed by atoms with van der Waals surface area (Å²) in [6.45, 7) is 8.16. The monoisotopic (exact) mass is 338 g/mol. The number of nitrogens with zero attached hydrogens (tertiary/aromatic N) is 1. The highest BCUT2D eigenvalue weighted by atomic mass is 16.7. The van der Waals surface area contributed by atoms with Crippen LogP contribution in [0.3, 0.4) is 0 Å². The molecule has 25 heavy (non-hydrogen) atoms. The molecule has 0 amide bonds. The molecule has 2 aromatic rings. The van der Waals surface area contributed by atoms with Crippen molar-refractivity contribution in [2.24, 2.45) is 16.8 Å². The van der Waals surface area contributed by atoms with Crippen molar-refractivity contribution in [1.29, 1.82) is 0 Å². The van der Waals surface area contributed by atoms with Crippen LogP contribution < -0.4 is 5.73 Å². The van der Waals surface area contributed by atoms with Crippen molar-refractivity contribution in [2.75, 3.05) is 0 Å². The van der Waals surface area contributed by atoms with Gasteiger partial charge in [-0.25, -0.2) is 4.79 Å². The van der Waals surface area contributed by atoms with Crippen LogP contribution in [0.2, 0.25) is 0 Å². The minimum absolute atomic E-state index is 0.188. The van der Waals surface area contributed by atoms with Gasteiger partial charge in [0.25, 0.3) is 0 Å². The Morgan fingerprint density at radius 3 is 2.20 bits per heavy atom. The first-order valence-electron chi connectivity index (χ1n) is 8.57. The summed E-state index contributed by atoms with van der Waals surface area (Å²) in [4.78, 5) is 17.2. The molecule has 0 aliphatic heterocycles. The number of carbonyl (C=O) groups is 1. The smallest absolute Gasteiger partial charge is 0.342 e. The molecule has 0 fully saturated rings. The van der Waals surface area contributed by atoms with Gasteiger partial charge in [0.05, 0.1) is 5.92 Å². The SMILES string of the molecule is Cc1ccc(/C(N)=N\OC(=O)[C@@H](C)c2ccc(CC(C)C)cc2)cc1. The third kappa shape index (κ3) is 5.45. The molecule has 0 aliphatic carbocycles. The van der Waals surface area contributed by atoms with Crippen LogP contribution in [0.25, 0.3) is 0 Å². The molecule has 2 aromatic carbocycles. The van der Waals surface area contributed by atoms with Crippen molar-refractivity contribution in [2.45, 2.75) is 40.0 Å². The van der Waals surface area contributed by atoms with E-state index in [0.717, 1.165) is 23.1 Å². The van der Waals surface area contributed by atoms with Gasteiger partial charge >= 0.3 is 5.97 Å². The summed E-state index contributed by atoms with van der Waals surface area (Å²) in [6.07, 6.45) is 1.02. The van der Waals surface area contributed by atoms with E-state index in [9.17, 15) is 4.79 Å². The van der Waals surface area contributed by atoms with E-state index in [4.69, 9.17) is 10.6 Å². The summed E-state index contributed by atoms with van der Waals surface area (Å²) in [7, 11) is 0. The van der Waals surface area contributed by atoms with E-state index in [-0.39, 0.29) is 5.84 Å². The largest absolute Gasteiger partial charge is 0.380 e. The van der Waals surface area contributed by atoms with E-state index < -0.39 is 11.9 Å². The summed E-state index contributed by atoms with van der Waals surface area (Å²) >= 11 is 0. The zero-order valence-electron chi connectivity index (χ0n) is 15.3. The molecule has 0 saturated heterocycles. The fourth-order valence-corrected chi connectivity index (χ4v) is 2.50. The number of hydrogen-bond acceptors (Lipinski definition) is 3. The first-order valence-corrected chi connectivity index (χ1v) is 8.57. The highest BCUT2D eigenvalue weighted by Gasteiger charge is 2.17. The molecule has 0 aliphatic rings. The Balaban J connectivity index is 1.99. The lowest BCUT2D eigenvalue weighted by Crippen LogP contribution is -2.17. The Hall–Kier alpha value is -2.62. The van der Waals surface area contributed by atoms with Crippen molar-refractivity contribution < 1.29 is 9.63 Å². The molecule has 0 unspecified atom stereocenters. The second kappa shape index (κ2) is 8.47. The molecule has 1 atom stereocenters. The molecular weight excluding hydrogens is 312 g/mol. The van der Waals surface area contributed by atoms with Crippen molar-refractivity contribution in [3.05, 3.63) is 70.8 Å². The summed E-state index contributed by atoms with van der Waals surface area (Å²) in [5.41, 5.74) is 9.89. The summed E-state index contributed by atoms with van der Waals surface area (Å²) in [6, 6.07) is 15.6. The molecule has 4 nitrogen and oxygen atoms in total. The molecule has 132 valence electrons. The normalized spacial score (nSPS) is 12.9. The Kier molecular flexibility index (Phi) is 6.34. The highest BCUT2D eigenvalue weighted by molar-refractivity contribution is 5.97. The molecule has 0 spiro atoms. The quantitative estimate of drug-likeness (QED) is 0.372. The van der Waals surface area contributed by atoms with Gasteiger partial charge in [-0.3, -0.25) is 0 Å². The number of oxime groups is 1. The summed E-state index contributed by atoms with van der Waals surface area (Å²) < 4.78 is 0. The van der Waals surface area contributed by atoms with E-state index in [1.54, 1.807) is 6.92 Å². The molecule has 0 aromatic heterocycles. The average Bonchev–Trinajstić information content (AvgIpc) is 2.59. The van der Waals surface area contributed by atoms with Gasteiger partial charge in [-0.05, 0) is 37.3 Å². The molecule has 0 bridgehead atoms. The second-order valence-corrected chi connectivity index (χ2v) is 6.81. The van der Waals surface area contributed by atoms with Crippen molar-refractivity contribution >= 4 is 11.8 Å². The minimum atomic E-state index is -0.424. The van der Waals surface area contributed by atoms with Crippen molar-refractivity contribution in [3.63, 3.8) is 0 Å². The topological polar surface area (TPSA) is 64.7 Å². The zero-order chi connectivity index (χ0) is 18.4. The molecule has 0 radical (unpaired) electrons. The Morgan fingerprint density at radius 2 is 1.64 bits per heavy atom. The standard InChI is InChI=1S/C21H26N2O2/c1-14(2)13-17-7-11-18(12-8-17)16(4)21(24)25-23-20(22)19-9-5-15(3)6-10-19/h5-12,14,16H,13H2,1-4H3,(H2,22,23)/t16-/m0/s1. The molecule has 2 N–H and O–H groups in total. The van der Waals surface area contributed by atoms with Gasteiger partial charge < -0.3 is 10.6 Å². The van der Waals surface area contributed by atoms with Gasteiger partial charge in [-0.1, -0.05) is 73.1 Å². The van der Waals surface area contributed by atoms with Crippen LogP contribution in [0.1, 0.15) is 48.9 Å². The number of aryl methyl sites for hydroxylation is 1. The minimum Gasteiger partial charge on any atom is -0.380 e. The van der Waals surface area contributed by atoms with Crippen molar-refractivity contribution in [3.8, 4) is 0 Å². The maximum absolute atomic E-state index is 12.2. The van der Waals surface area contributed by atoms with Crippen LogP contribution in [-0.2, 0) is 16.1 Å². The predicted molar refractivity (Wildman–Crippen MR) is 101 cm³/mol. The Bertz CT molecular complexity index is 731. The van der Waals surface area contributed by atoms with Crippen LogP contribution in [0.15, 0.2) is 53.7 Å². The van der Waals surface area contributed by atoms with E-state index >= 15 is 0 Å². The summed E-state index contributed by atoms with van der Waals surface area (Å²) in [5, 5.41) is 3.77. The predicted octanol–water partition coefficient (Wildman–Crippen LogP) is 4.16. The molecular formula is C21H26N2O2. The maximum atomic E-state index is 12.2. The fraction of sp³-hybridized carbons (Fsp3) is 0.333. The molecule has 2 rings (SSSR count). The van der Waals surface area contributed by atoms with Crippen LogP contribution >= 0.6 is 0 Å². The first kappa shape index (κ1) is 18.7. The zero-order valence-corrected chi connectivity index (χ0v) is 15.3. The lowest BCUT2D eigenvalue weighted by Gasteiger charge is -2.11. The number of benzene rings is 2. The van der Waals surface area contributed by atoms with Crippen LogP contribution in [0.4, 0.5) is 0 Å². The number of amidine groups is 1. The Morgan fingerprint density at radius 1 is 1.04 bits per heavy atom. The third-order valence-corrected chi connectivity index (χ3v) is 4.06. The van der Waals surface area contributed by atoms with E-state index in [0.29, 0.717) is 5.92 Å². The summed E-state index contributed by atoms with van der Waals surface area (Å²) in [5.74, 6) is -0.0329. The van der Waals surface area contributed by atoms with E-state index in [2.05, 4.69) is 31.1 Å². The van der Waals surface area contributed by atoms with Gasteiger partial charge in [0.1, 0.15) is 0 Å². The third-order valence-electron chi connectivity index (χ3n) is 4.06. The van der Waals surface area contributed by atoms with Crippen molar-refractivity contribution in [1.82, 2.24) is 0 Å². The number of hydrogen-bond donors (Lipinski definition) is 1. The highest BCUT2D eigenvalue weighted by Crippen LogP contribution is 2.19. The van der Waals surface area contributed by atoms with Crippen LogP contribution in [-0.4, -0.2) is 11.8 Å². The lowest BCUT2D eigenvalue weighted by atomic mass is 9.97.